The lowest BCUT2D eigenvalue weighted by Gasteiger charge is -2.10. The van der Waals surface area contributed by atoms with Crippen LogP contribution in [-0.2, 0) is 6.61 Å². The summed E-state index contributed by atoms with van der Waals surface area (Å²) < 4.78 is 22.9. The van der Waals surface area contributed by atoms with Crippen LogP contribution in [0.15, 0.2) is 42.5 Å². The molecule has 0 saturated heterocycles. The highest BCUT2D eigenvalue weighted by molar-refractivity contribution is 6.35. The van der Waals surface area contributed by atoms with E-state index in [9.17, 15) is 4.39 Å². The minimum Gasteiger partial charge on any atom is -0.491 e. The number of halogens is 3. The lowest BCUT2D eigenvalue weighted by molar-refractivity contribution is 0.268. The molecule has 0 saturated carbocycles. The third-order valence-corrected chi connectivity index (χ3v) is 3.15. The fraction of sp³-hybridized carbons (Fsp3) is 0.200. The Kier molecular flexibility index (Phi) is 5.50. The van der Waals surface area contributed by atoms with Crippen molar-refractivity contribution >= 4 is 23.2 Å². The lowest BCUT2D eigenvalue weighted by Crippen LogP contribution is -2.00. The standard InChI is InChI=1S/C15H13Cl2FO2/c16-12-5-4-11(15(17)8-12)10-20-14-3-1-2-13(9-14)19-7-6-18/h1-5,8-9H,6-7,10H2. The molecule has 5 heteroatoms. The molecule has 0 radical (unpaired) electrons. The molecule has 0 heterocycles. The lowest BCUT2D eigenvalue weighted by atomic mass is 10.2. The van der Waals surface area contributed by atoms with Gasteiger partial charge in [-0.1, -0.05) is 35.3 Å². The molecule has 0 aromatic heterocycles. The smallest absolute Gasteiger partial charge is 0.123 e. The van der Waals surface area contributed by atoms with Crippen molar-refractivity contribution < 1.29 is 13.9 Å². The zero-order valence-corrected chi connectivity index (χ0v) is 12.1. The highest BCUT2D eigenvalue weighted by atomic mass is 35.5. The van der Waals surface area contributed by atoms with Crippen LogP contribution in [0.1, 0.15) is 5.56 Å². The summed E-state index contributed by atoms with van der Waals surface area (Å²) in [5, 5.41) is 1.14. The number of ether oxygens (including phenoxy) is 2. The average molecular weight is 315 g/mol. The number of benzene rings is 2. The Morgan fingerprint density at radius 2 is 1.70 bits per heavy atom. The second-order valence-corrected chi connectivity index (χ2v) is 4.88. The predicted octanol–water partition coefficient (Wildman–Crippen LogP) is 4.92. The van der Waals surface area contributed by atoms with E-state index in [0.717, 1.165) is 5.56 Å². The molecule has 0 bridgehead atoms. The third-order valence-electron chi connectivity index (χ3n) is 2.56. The van der Waals surface area contributed by atoms with Crippen molar-refractivity contribution in [2.24, 2.45) is 0 Å². The Balaban J connectivity index is 1.99. The maximum atomic E-state index is 12.0. The molecule has 2 aromatic rings. The number of hydrogen-bond acceptors (Lipinski definition) is 2. The molecule has 0 fully saturated rings. The van der Waals surface area contributed by atoms with Crippen molar-refractivity contribution in [1.29, 1.82) is 0 Å². The maximum Gasteiger partial charge on any atom is 0.123 e. The van der Waals surface area contributed by atoms with Crippen molar-refractivity contribution in [2.45, 2.75) is 6.61 Å². The summed E-state index contributed by atoms with van der Waals surface area (Å²) in [6, 6.07) is 12.3. The minimum absolute atomic E-state index is 0.0342. The van der Waals surface area contributed by atoms with Crippen LogP contribution in [0.4, 0.5) is 4.39 Å². The van der Waals surface area contributed by atoms with Crippen LogP contribution in [0.5, 0.6) is 11.5 Å². The molecule has 2 rings (SSSR count). The molecule has 0 unspecified atom stereocenters. The largest absolute Gasteiger partial charge is 0.491 e. The molecule has 0 spiro atoms. The normalized spacial score (nSPS) is 10.3. The fourth-order valence-corrected chi connectivity index (χ4v) is 2.07. The Bertz CT molecular complexity index is 576. The molecule has 0 aliphatic heterocycles. The van der Waals surface area contributed by atoms with Gasteiger partial charge in [0, 0.05) is 21.7 Å². The molecule has 0 N–H and O–H groups in total. The number of hydrogen-bond donors (Lipinski definition) is 0. The summed E-state index contributed by atoms with van der Waals surface area (Å²) in [7, 11) is 0. The van der Waals surface area contributed by atoms with Crippen LogP contribution in [-0.4, -0.2) is 13.3 Å². The van der Waals surface area contributed by atoms with Gasteiger partial charge >= 0.3 is 0 Å². The highest BCUT2D eigenvalue weighted by Gasteiger charge is 2.03. The molecule has 0 aliphatic carbocycles. The van der Waals surface area contributed by atoms with Gasteiger partial charge in [0.25, 0.3) is 0 Å². The first-order chi connectivity index (χ1) is 9.69. The maximum absolute atomic E-state index is 12.0. The molecular formula is C15H13Cl2FO2. The zero-order valence-electron chi connectivity index (χ0n) is 10.6. The van der Waals surface area contributed by atoms with Crippen LogP contribution in [0.2, 0.25) is 10.0 Å². The van der Waals surface area contributed by atoms with Crippen molar-refractivity contribution in [3.8, 4) is 11.5 Å². The quantitative estimate of drug-likeness (QED) is 0.753. The second kappa shape index (κ2) is 7.36. The molecule has 0 atom stereocenters. The minimum atomic E-state index is -0.522. The van der Waals surface area contributed by atoms with Gasteiger partial charge in [0.15, 0.2) is 0 Å². The second-order valence-electron chi connectivity index (χ2n) is 4.04. The predicted molar refractivity (Wildman–Crippen MR) is 78.7 cm³/mol. The van der Waals surface area contributed by atoms with E-state index in [1.165, 1.54) is 0 Å². The van der Waals surface area contributed by atoms with Gasteiger partial charge < -0.3 is 9.47 Å². The Morgan fingerprint density at radius 1 is 0.950 bits per heavy atom. The Morgan fingerprint density at radius 3 is 2.40 bits per heavy atom. The molecule has 0 amide bonds. The molecule has 2 nitrogen and oxygen atoms in total. The van der Waals surface area contributed by atoms with Crippen molar-refractivity contribution in [3.63, 3.8) is 0 Å². The van der Waals surface area contributed by atoms with Crippen LogP contribution in [0.3, 0.4) is 0 Å². The molecule has 0 aliphatic rings. The van der Waals surface area contributed by atoms with Gasteiger partial charge in [-0.15, -0.1) is 0 Å². The van der Waals surface area contributed by atoms with Crippen LogP contribution < -0.4 is 9.47 Å². The number of alkyl halides is 1. The van der Waals surface area contributed by atoms with Gasteiger partial charge in [0.2, 0.25) is 0 Å². The molecular weight excluding hydrogens is 302 g/mol. The first-order valence-corrected chi connectivity index (χ1v) is 6.80. The summed E-state index contributed by atoms with van der Waals surface area (Å²) in [4.78, 5) is 0. The van der Waals surface area contributed by atoms with Crippen LogP contribution >= 0.6 is 23.2 Å². The van der Waals surface area contributed by atoms with Crippen LogP contribution in [0, 0.1) is 0 Å². The summed E-state index contributed by atoms with van der Waals surface area (Å²) in [6.07, 6.45) is 0. The first kappa shape index (κ1) is 14.9. The number of rotatable bonds is 6. The van der Waals surface area contributed by atoms with Gasteiger partial charge in [-0.05, 0) is 24.3 Å². The SMILES string of the molecule is FCCOc1cccc(OCc2ccc(Cl)cc2Cl)c1. The third kappa shape index (κ3) is 4.29. The van der Waals surface area contributed by atoms with Crippen molar-refractivity contribution in [3.05, 3.63) is 58.1 Å². The van der Waals surface area contributed by atoms with Gasteiger partial charge in [-0.25, -0.2) is 4.39 Å². The van der Waals surface area contributed by atoms with E-state index >= 15 is 0 Å². The Labute approximate surface area is 127 Å². The van der Waals surface area contributed by atoms with Crippen molar-refractivity contribution in [1.82, 2.24) is 0 Å². The van der Waals surface area contributed by atoms with Gasteiger partial charge in [0.1, 0.15) is 31.4 Å². The van der Waals surface area contributed by atoms with E-state index in [0.29, 0.717) is 28.2 Å². The van der Waals surface area contributed by atoms with E-state index < -0.39 is 6.67 Å². The Hall–Kier alpha value is -1.45. The monoisotopic (exact) mass is 314 g/mol. The van der Waals surface area contributed by atoms with Crippen molar-refractivity contribution in [2.75, 3.05) is 13.3 Å². The molecule has 20 heavy (non-hydrogen) atoms. The van der Waals surface area contributed by atoms with E-state index in [1.807, 2.05) is 6.07 Å². The summed E-state index contributed by atoms with van der Waals surface area (Å²) in [5.74, 6) is 1.20. The first-order valence-electron chi connectivity index (χ1n) is 6.04. The van der Waals surface area contributed by atoms with Crippen LogP contribution in [0.25, 0.3) is 0 Å². The summed E-state index contributed by atoms with van der Waals surface area (Å²) >= 11 is 11.9. The molecule has 2 aromatic carbocycles. The topological polar surface area (TPSA) is 18.5 Å². The van der Waals surface area contributed by atoms with E-state index in [1.54, 1.807) is 36.4 Å². The average Bonchev–Trinajstić information content (AvgIpc) is 2.45. The van der Waals surface area contributed by atoms with Gasteiger partial charge in [-0.2, -0.15) is 0 Å². The van der Waals surface area contributed by atoms with E-state index in [4.69, 9.17) is 32.7 Å². The highest BCUT2D eigenvalue weighted by Crippen LogP contribution is 2.24. The van der Waals surface area contributed by atoms with E-state index in [-0.39, 0.29) is 6.61 Å². The van der Waals surface area contributed by atoms with Gasteiger partial charge in [0.05, 0.1) is 0 Å². The van der Waals surface area contributed by atoms with Gasteiger partial charge in [-0.3, -0.25) is 0 Å². The summed E-state index contributed by atoms with van der Waals surface area (Å²) in [6.45, 7) is -0.166. The fourth-order valence-electron chi connectivity index (χ4n) is 1.61. The summed E-state index contributed by atoms with van der Waals surface area (Å²) in [5.41, 5.74) is 0.839. The molecule has 106 valence electrons. The zero-order chi connectivity index (χ0) is 14.4. The van der Waals surface area contributed by atoms with E-state index in [2.05, 4.69) is 0 Å².